The number of methoxy groups -OCH3 is 1. The summed E-state index contributed by atoms with van der Waals surface area (Å²) >= 11 is 0. The van der Waals surface area contributed by atoms with E-state index in [1.165, 1.54) is 7.11 Å². The lowest BCUT2D eigenvalue weighted by Crippen LogP contribution is -2.47. The van der Waals surface area contributed by atoms with Gasteiger partial charge in [0.2, 0.25) is 11.8 Å². The summed E-state index contributed by atoms with van der Waals surface area (Å²) in [7, 11) is 1.52. The fourth-order valence-corrected chi connectivity index (χ4v) is 3.87. The van der Waals surface area contributed by atoms with Gasteiger partial charge in [-0.3, -0.25) is 9.59 Å². The van der Waals surface area contributed by atoms with Crippen molar-refractivity contribution in [3.63, 3.8) is 0 Å². The molecule has 1 aromatic rings. The van der Waals surface area contributed by atoms with Crippen LogP contribution in [0.15, 0.2) is 10.6 Å². The van der Waals surface area contributed by atoms with E-state index in [2.05, 4.69) is 5.16 Å². The van der Waals surface area contributed by atoms with Crippen LogP contribution in [-0.2, 0) is 14.3 Å². The highest BCUT2D eigenvalue weighted by Crippen LogP contribution is 2.33. The Bertz CT molecular complexity index is 607. The molecule has 3 rings (SSSR count). The van der Waals surface area contributed by atoms with Crippen molar-refractivity contribution in [1.29, 1.82) is 0 Å². The highest BCUT2D eigenvalue weighted by Gasteiger charge is 2.35. The standard InChI is InChI=1S/C18H27N3O4/c1-13-11-15(19-25-13)16-5-3-4-8-21(16)18(23)14-6-9-20(10-7-14)17(22)12-24-2/h11,14,16H,3-10,12H2,1-2H3/t16-/m0/s1. The first-order valence-corrected chi connectivity index (χ1v) is 9.10. The summed E-state index contributed by atoms with van der Waals surface area (Å²) in [6.07, 6.45) is 4.50. The molecule has 1 atom stereocenters. The molecule has 0 bridgehead atoms. The van der Waals surface area contributed by atoms with Crippen LogP contribution in [-0.4, -0.2) is 60.1 Å². The summed E-state index contributed by atoms with van der Waals surface area (Å²) in [6.45, 7) is 4.01. The molecule has 2 saturated heterocycles. The van der Waals surface area contributed by atoms with Crippen molar-refractivity contribution in [3.05, 3.63) is 17.5 Å². The van der Waals surface area contributed by atoms with Gasteiger partial charge < -0.3 is 19.1 Å². The Labute approximate surface area is 148 Å². The summed E-state index contributed by atoms with van der Waals surface area (Å²) in [5.74, 6) is 0.963. The third-order valence-corrected chi connectivity index (χ3v) is 5.24. The van der Waals surface area contributed by atoms with Crippen LogP contribution in [0.2, 0.25) is 0 Å². The fourth-order valence-electron chi connectivity index (χ4n) is 3.87. The Morgan fingerprint density at radius 2 is 2.00 bits per heavy atom. The zero-order chi connectivity index (χ0) is 17.8. The number of aryl methyl sites for hydroxylation is 1. The maximum absolute atomic E-state index is 13.1. The summed E-state index contributed by atoms with van der Waals surface area (Å²) in [4.78, 5) is 28.8. The largest absolute Gasteiger partial charge is 0.375 e. The van der Waals surface area contributed by atoms with Crippen LogP contribution in [0.3, 0.4) is 0 Å². The van der Waals surface area contributed by atoms with Gasteiger partial charge in [-0.15, -0.1) is 0 Å². The number of hydrogen-bond donors (Lipinski definition) is 0. The maximum Gasteiger partial charge on any atom is 0.248 e. The van der Waals surface area contributed by atoms with Gasteiger partial charge in [-0.2, -0.15) is 0 Å². The first kappa shape index (κ1) is 17.9. The van der Waals surface area contributed by atoms with Crippen LogP contribution < -0.4 is 0 Å². The molecule has 0 saturated carbocycles. The highest BCUT2D eigenvalue weighted by atomic mass is 16.5. The molecule has 0 aliphatic carbocycles. The van der Waals surface area contributed by atoms with Gasteiger partial charge in [-0.25, -0.2) is 0 Å². The number of amides is 2. The molecule has 1 aromatic heterocycles. The van der Waals surface area contributed by atoms with Gasteiger partial charge in [0.15, 0.2) is 0 Å². The molecule has 7 nitrogen and oxygen atoms in total. The molecular weight excluding hydrogens is 322 g/mol. The molecule has 2 aliphatic heterocycles. The SMILES string of the molecule is COCC(=O)N1CCC(C(=O)N2CCCC[C@H]2c2cc(C)on2)CC1. The van der Waals surface area contributed by atoms with Crippen LogP contribution in [0.25, 0.3) is 0 Å². The molecule has 0 unspecified atom stereocenters. The Morgan fingerprint density at radius 3 is 2.64 bits per heavy atom. The van der Waals surface area contributed by atoms with E-state index in [1.807, 2.05) is 17.9 Å². The van der Waals surface area contributed by atoms with Gasteiger partial charge in [-0.05, 0) is 39.0 Å². The fraction of sp³-hybridized carbons (Fsp3) is 0.722. The number of aromatic nitrogens is 1. The van der Waals surface area contributed by atoms with E-state index in [1.54, 1.807) is 4.90 Å². The average Bonchev–Trinajstić information content (AvgIpc) is 3.08. The zero-order valence-corrected chi connectivity index (χ0v) is 15.1. The number of carbonyl (C=O) groups is 2. The molecule has 138 valence electrons. The van der Waals surface area contributed by atoms with E-state index < -0.39 is 0 Å². The number of carbonyl (C=O) groups excluding carboxylic acids is 2. The Hall–Kier alpha value is -1.89. The second kappa shape index (κ2) is 7.99. The lowest BCUT2D eigenvalue weighted by Gasteiger charge is -2.39. The van der Waals surface area contributed by atoms with Gasteiger partial charge >= 0.3 is 0 Å². The van der Waals surface area contributed by atoms with Gasteiger partial charge in [0.1, 0.15) is 18.1 Å². The predicted octanol–water partition coefficient (Wildman–Crippen LogP) is 1.92. The van der Waals surface area contributed by atoms with Gasteiger partial charge in [-0.1, -0.05) is 5.16 Å². The molecule has 0 N–H and O–H groups in total. The van der Waals surface area contributed by atoms with Crippen LogP contribution in [0.5, 0.6) is 0 Å². The van der Waals surface area contributed by atoms with Crippen molar-refractivity contribution in [3.8, 4) is 0 Å². The molecule has 2 fully saturated rings. The molecule has 2 aliphatic rings. The van der Waals surface area contributed by atoms with Crippen LogP contribution in [0, 0.1) is 12.8 Å². The molecule has 0 aromatic carbocycles. The van der Waals surface area contributed by atoms with E-state index in [0.717, 1.165) is 50.1 Å². The van der Waals surface area contributed by atoms with Gasteiger partial charge in [0, 0.05) is 38.7 Å². The second-order valence-corrected chi connectivity index (χ2v) is 6.99. The lowest BCUT2D eigenvalue weighted by atomic mass is 9.91. The minimum Gasteiger partial charge on any atom is -0.375 e. The van der Waals surface area contributed by atoms with Crippen molar-refractivity contribution in [2.75, 3.05) is 33.4 Å². The Morgan fingerprint density at radius 1 is 1.24 bits per heavy atom. The topological polar surface area (TPSA) is 75.9 Å². The summed E-state index contributed by atoms with van der Waals surface area (Å²) in [6, 6.07) is 1.95. The number of nitrogens with zero attached hydrogens (tertiary/aromatic N) is 3. The van der Waals surface area contributed by atoms with Gasteiger partial charge in [0.25, 0.3) is 0 Å². The van der Waals surface area contributed by atoms with E-state index in [-0.39, 0.29) is 30.4 Å². The van der Waals surface area contributed by atoms with Gasteiger partial charge in [0.05, 0.1) is 6.04 Å². The molecule has 0 spiro atoms. The van der Waals surface area contributed by atoms with Crippen LogP contribution in [0.1, 0.15) is 49.6 Å². The highest BCUT2D eigenvalue weighted by molar-refractivity contribution is 5.81. The quantitative estimate of drug-likeness (QED) is 0.830. The number of rotatable bonds is 4. The van der Waals surface area contributed by atoms with Crippen molar-refractivity contribution in [2.45, 2.75) is 45.1 Å². The molecule has 0 radical (unpaired) electrons. The lowest BCUT2D eigenvalue weighted by molar-refractivity contribution is -0.145. The van der Waals surface area contributed by atoms with Crippen molar-refractivity contribution < 1.29 is 18.8 Å². The minimum atomic E-state index is -0.0137. The number of piperidine rings is 2. The Balaban J connectivity index is 1.62. The number of ether oxygens (including phenoxy) is 1. The van der Waals surface area contributed by atoms with E-state index >= 15 is 0 Å². The summed E-state index contributed by atoms with van der Waals surface area (Å²) < 4.78 is 10.1. The molecule has 2 amide bonds. The van der Waals surface area contributed by atoms with Crippen molar-refractivity contribution >= 4 is 11.8 Å². The summed E-state index contributed by atoms with van der Waals surface area (Å²) in [5, 5.41) is 4.14. The summed E-state index contributed by atoms with van der Waals surface area (Å²) in [5.41, 5.74) is 0.859. The van der Waals surface area contributed by atoms with E-state index in [0.29, 0.717) is 13.1 Å². The smallest absolute Gasteiger partial charge is 0.248 e. The molecular formula is C18H27N3O4. The average molecular weight is 349 g/mol. The predicted molar refractivity (Wildman–Crippen MR) is 90.7 cm³/mol. The third kappa shape index (κ3) is 4.03. The second-order valence-electron chi connectivity index (χ2n) is 6.99. The normalized spacial score (nSPS) is 22.2. The van der Waals surface area contributed by atoms with Crippen molar-refractivity contribution in [1.82, 2.24) is 15.0 Å². The third-order valence-electron chi connectivity index (χ3n) is 5.24. The van der Waals surface area contributed by atoms with E-state index in [4.69, 9.17) is 9.26 Å². The van der Waals surface area contributed by atoms with Crippen LogP contribution >= 0.6 is 0 Å². The monoisotopic (exact) mass is 349 g/mol. The molecule has 3 heterocycles. The maximum atomic E-state index is 13.1. The molecule has 7 heteroatoms. The molecule has 25 heavy (non-hydrogen) atoms. The van der Waals surface area contributed by atoms with E-state index in [9.17, 15) is 9.59 Å². The first-order valence-electron chi connectivity index (χ1n) is 9.10. The van der Waals surface area contributed by atoms with Crippen molar-refractivity contribution in [2.24, 2.45) is 5.92 Å². The zero-order valence-electron chi connectivity index (χ0n) is 15.1. The van der Waals surface area contributed by atoms with Crippen LogP contribution in [0.4, 0.5) is 0 Å². The number of hydrogen-bond acceptors (Lipinski definition) is 5. The number of likely N-dealkylation sites (tertiary alicyclic amines) is 2. The minimum absolute atomic E-state index is 0.00215. The Kier molecular flexibility index (Phi) is 5.73. The first-order chi connectivity index (χ1) is 12.1.